The van der Waals surface area contributed by atoms with E-state index < -0.39 is 0 Å². The van der Waals surface area contributed by atoms with Gasteiger partial charge < -0.3 is 5.73 Å². The summed E-state index contributed by atoms with van der Waals surface area (Å²) < 4.78 is 0. The highest BCUT2D eigenvalue weighted by Crippen LogP contribution is 2.26. The molecular weight excluding hydrogens is 184 g/mol. The van der Waals surface area contributed by atoms with Crippen LogP contribution >= 0.6 is 0 Å². The van der Waals surface area contributed by atoms with Crippen molar-refractivity contribution in [2.45, 2.75) is 39.5 Å². The summed E-state index contributed by atoms with van der Waals surface area (Å²) in [6, 6.07) is 1.98. The van der Waals surface area contributed by atoms with Crippen LogP contribution in [-0.2, 0) is 0 Å². The number of aryl methyl sites for hydroxylation is 1. The summed E-state index contributed by atoms with van der Waals surface area (Å²) in [5, 5.41) is 0. The lowest BCUT2D eigenvalue weighted by Gasteiger charge is -2.10. The number of rotatable bonds is 5. The van der Waals surface area contributed by atoms with Gasteiger partial charge in [-0.15, -0.1) is 0 Å². The molecule has 2 heteroatoms. The Kier molecular flexibility index (Phi) is 4.35. The van der Waals surface area contributed by atoms with Gasteiger partial charge in [-0.2, -0.15) is 0 Å². The number of allylic oxidation sites excluding steroid dienone is 1. The molecule has 1 aromatic heterocycles. The molecule has 0 spiro atoms. The highest BCUT2D eigenvalue weighted by molar-refractivity contribution is 5.73. The van der Waals surface area contributed by atoms with Crippen molar-refractivity contribution in [3.8, 4) is 0 Å². The standard InChI is InChI=1S/C13H20N2/c1-4-5-6-7-10(2)12-11(3)8-9-15-13(12)14/h8-9H,2,4-7H2,1,3H3,(H2,14,15). The van der Waals surface area contributed by atoms with Gasteiger partial charge in [-0.1, -0.05) is 26.3 Å². The van der Waals surface area contributed by atoms with Crippen molar-refractivity contribution in [3.05, 3.63) is 30.0 Å². The number of unbranched alkanes of at least 4 members (excludes halogenated alkanes) is 2. The van der Waals surface area contributed by atoms with Gasteiger partial charge in [-0.3, -0.25) is 0 Å². The summed E-state index contributed by atoms with van der Waals surface area (Å²) in [5.41, 5.74) is 9.19. The maximum absolute atomic E-state index is 5.85. The van der Waals surface area contributed by atoms with E-state index in [4.69, 9.17) is 5.73 Å². The second-order valence-corrected chi connectivity index (χ2v) is 3.95. The SMILES string of the molecule is C=C(CCCCC)c1c(C)ccnc1N. The molecule has 0 aliphatic carbocycles. The minimum atomic E-state index is 0.608. The summed E-state index contributed by atoms with van der Waals surface area (Å²) in [4.78, 5) is 4.11. The van der Waals surface area contributed by atoms with Crippen molar-refractivity contribution >= 4 is 11.4 Å². The van der Waals surface area contributed by atoms with Crippen LogP contribution in [0.4, 0.5) is 5.82 Å². The fourth-order valence-corrected chi connectivity index (χ4v) is 1.75. The molecule has 0 fully saturated rings. The topological polar surface area (TPSA) is 38.9 Å². The van der Waals surface area contributed by atoms with Crippen LogP contribution in [0.25, 0.3) is 5.57 Å². The summed E-state index contributed by atoms with van der Waals surface area (Å²) in [7, 11) is 0. The van der Waals surface area contributed by atoms with Gasteiger partial charge in [0.1, 0.15) is 5.82 Å². The van der Waals surface area contributed by atoms with E-state index in [-0.39, 0.29) is 0 Å². The zero-order chi connectivity index (χ0) is 11.3. The molecular formula is C13H20N2. The molecule has 15 heavy (non-hydrogen) atoms. The smallest absolute Gasteiger partial charge is 0.131 e. The Labute approximate surface area is 92.2 Å². The van der Waals surface area contributed by atoms with Gasteiger partial charge in [0, 0.05) is 11.8 Å². The number of nitrogens with two attached hydrogens (primary N) is 1. The molecule has 82 valence electrons. The van der Waals surface area contributed by atoms with Crippen LogP contribution in [0.1, 0.15) is 43.7 Å². The Hall–Kier alpha value is -1.31. The second-order valence-electron chi connectivity index (χ2n) is 3.95. The fourth-order valence-electron chi connectivity index (χ4n) is 1.75. The number of pyridine rings is 1. The lowest BCUT2D eigenvalue weighted by molar-refractivity contribution is 0.735. The third-order valence-electron chi connectivity index (χ3n) is 2.62. The molecule has 0 saturated heterocycles. The number of nitrogen functional groups attached to an aromatic ring is 1. The summed E-state index contributed by atoms with van der Waals surface area (Å²) >= 11 is 0. The van der Waals surface area contributed by atoms with Crippen LogP contribution in [-0.4, -0.2) is 4.98 Å². The van der Waals surface area contributed by atoms with Gasteiger partial charge in [0.2, 0.25) is 0 Å². The molecule has 0 amide bonds. The van der Waals surface area contributed by atoms with Crippen LogP contribution in [0.3, 0.4) is 0 Å². The van der Waals surface area contributed by atoms with E-state index in [0.29, 0.717) is 5.82 Å². The molecule has 0 atom stereocenters. The molecule has 2 N–H and O–H groups in total. The number of hydrogen-bond acceptors (Lipinski definition) is 2. The molecule has 0 aromatic carbocycles. The van der Waals surface area contributed by atoms with Crippen molar-refractivity contribution in [1.82, 2.24) is 4.98 Å². The Bertz CT molecular complexity index is 322. The van der Waals surface area contributed by atoms with E-state index in [1.807, 2.05) is 6.07 Å². The van der Waals surface area contributed by atoms with Gasteiger partial charge in [0.15, 0.2) is 0 Å². The average Bonchev–Trinajstić information content (AvgIpc) is 2.18. The summed E-state index contributed by atoms with van der Waals surface area (Å²) in [6.07, 6.45) is 6.42. The van der Waals surface area contributed by atoms with Crippen molar-refractivity contribution < 1.29 is 0 Å². The molecule has 0 aliphatic rings. The Morgan fingerprint density at radius 2 is 2.20 bits per heavy atom. The van der Waals surface area contributed by atoms with Gasteiger partial charge in [-0.05, 0) is 37.0 Å². The van der Waals surface area contributed by atoms with Gasteiger partial charge >= 0.3 is 0 Å². The predicted octanol–water partition coefficient (Wildman–Crippen LogP) is 3.57. The average molecular weight is 204 g/mol. The molecule has 0 radical (unpaired) electrons. The Morgan fingerprint density at radius 1 is 1.47 bits per heavy atom. The fraction of sp³-hybridized carbons (Fsp3) is 0.462. The predicted molar refractivity (Wildman–Crippen MR) is 66.6 cm³/mol. The van der Waals surface area contributed by atoms with Crippen molar-refractivity contribution in [2.75, 3.05) is 5.73 Å². The second kappa shape index (κ2) is 5.54. The first-order valence-corrected chi connectivity index (χ1v) is 5.56. The lowest BCUT2D eigenvalue weighted by atomic mass is 9.98. The molecule has 1 heterocycles. The van der Waals surface area contributed by atoms with Crippen LogP contribution in [0, 0.1) is 6.92 Å². The van der Waals surface area contributed by atoms with E-state index in [2.05, 4.69) is 25.4 Å². The number of nitrogens with zero attached hydrogens (tertiary/aromatic N) is 1. The molecule has 0 aliphatic heterocycles. The number of hydrogen-bond donors (Lipinski definition) is 1. The highest BCUT2D eigenvalue weighted by atomic mass is 14.8. The first-order valence-electron chi connectivity index (χ1n) is 5.56. The maximum atomic E-state index is 5.85. The summed E-state index contributed by atoms with van der Waals surface area (Å²) in [6.45, 7) is 8.35. The maximum Gasteiger partial charge on any atom is 0.131 e. The Morgan fingerprint density at radius 3 is 2.80 bits per heavy atom. The third-order valence-corrected chi connectivity index (χ3v) is 2.62. The van der Waals surface area contributed by atoms with E-state index in [9.17, 15) is 0 Å². The van der Waals surface area contributed by atoms with Gasteiger partial charge in [0.25, 0.3) is 0 Å². The quantitative estimate of drug-likeness (QED) is 0.745. The molecule has 0 saturated carbocycles. The first kappa shape index (κ1) is 11.8. The molecule has 0 bridgehead atoms. The monoisotopic (exact) mass is 204 g/mol. The van der Waals surface area contributed by atoms with Crippen molar-refractivity contribution in [3.63, 3.8) is 0 Å². The zero-order valence-corrected chi connectivity index (χ0v) is 9.71. The zero-order valence-electron chi connectivity index (χ0n) is 9.71. The van der Waals surface area contributed by atoms with Gasteiger partial charge in [0.05, 0.1) is 0 Å². The number of aromatic nitrogens is 1. The highest BCUT2D eigenvalue weighted by Gasteiger charge is 2.07. The van der Waals surface area contributed by atoms with Crippen LogP contribution in [0.2, 0.25) is 0 Å². The minimum Gasteiger partial charge on any atom is -0.383 e. The van der Waals surface area contributed by atoms with Crippen molar-refractivity contribution in [2.24, 2.45) is 0 Å². The molecule has 1 rings (SSSR count). The molecule has 0 unspecified atom stereocenters. The van der Waals surface area contributed by atoms with Gasteiger partial charge in [-0.25, -0.2) is 4.98 Å². The van der Waals surface area contributed by atoms with E-state index in [1.165, 1.54) is 24.8 Å². The third kappa shape index (κ3) is 3.08. The van der Waals surface area contributed by atoms with E-state index >= 15 is 0 Å². The van der Waals surface area contributed by atoms with E-state index in [0.717, 1.165) is 17.6 Å². The lowest BCUT2D eigenvalue weighted by Crippen LogP contribution is -1.99. The van der Waals surface area contributed by atoms with Crippen LogP contribution in [0.5, 0.6) is 0 Å². The Balaban J connectivity index is 2.73. The molecule has 1 aromatic rings. The summed E-state index contributed by atoms with van der Waals surface area (Å²) in [5.74, 6) is 0.608. The first-order chi connectivity index (χ1) is 7.16. The van der Waals surface area contributed by atoms with Crippen molar-refractivity contribution in [1.29, 1.82) is 0 Å². The minimum absolute atomic E-state index is 0.608. The van der Waals surface area contributed by atoms with E-state index in [1.54, 1.807) is 6.20 Å². The van der Waals surface area contributed by atoms with Crippen LogP contribution < -0.4 is 5.73 Å². The number of anilines is 1. The normalized spacial score (nSPS) is 10.3. The largest absolute Gasteiger partial charge is 0.383 e. The van der Waals surface area contributed by atoms with Crippen LogP contribution in [0.15, 0.2) is 18.8 Å². The molecule has 2 nitrogen and oxygen atoms in total.